The van der Waals surface area contributed by atoms with Crippen LogP contribution < -0.4 is 5.32 Å². The van der Waals surface area contributed by atoms with E-state index in [1.807, 2.05) is 6.92 Å². The molecule has 0 unspecified atom stereocenters. The van der Waals surface area contributed by atoms with Crippen LogP contribution in [0.2, 0.25) is 5.02 Å². The monoisotopic (exact) mass is 335 g/mol. The number of methoxy groups -OCH3 is 2. The molecular weight excluding hydrogens is 321 g/mol. The fraction of sp³-hybridized carbons (Fsp3) is 0.417. The van der Waals surface area contributed by atoms with Gasteiger partial charge in [-0.1, -0.05) is 27.5 Å². The molecule has 100 valence electrons. The minimum Gasteiger partial charge on any atom is -0.355 e. The summed E-state index contributed by atoms with van der Waals surface area (Å²) in [6.45, 7) is 1.92. The minimum atomic E-state index is -0.558. The summed E-state index contributed by atoms with van der Waals surface area (Å²) in [4.78, 5) is 11.7. The van der Waals surface area contributed by atoms with E-state index in [0.29, 0.717) is 10.7 Å². The molecule has 1 aromatic carbocycles. The SMILES string of the molecule is COC(CC(=O)Nc1cc(Br)c(C)cc1Cl)OC. The third-order valence-electron chi connectivity index (χ3n) is 2.40. The number of nitrogens with one attached hydrogen (secondary N) is 1. The maximum Gasteiger partial charge on any atom is 0.229 e. The van der Waals surface area contributed by atoms with Gasteiger partial charge in [-0.25, -0.2) is 0 Å². The molecule has 0 spiro atoms. The number of rotatable bonds is 5. The van der Waals surface area contributed by atoms with E-state index in [0.717, 1.165) is 10.0 Å². The van der Waals surface area contributed by atoms with E-state index in [9.17, 15) is 4.79 Å². The van der Waals surface area contributed by atoms with Crippen molar-refractivity contribution in [1.82, 2.24) is 0 Å². The van der Waals surface area contributed by atoms with Gasteiger partial charge >= 0.3 is 0 Å². The van der Waals surface area contributed by atoms with E-state index in [2.05, 4.69) is 21.2 Å². The maximum atomic E-state index is 11.7. The summed E-state index contributed by atoms with van der Waals surface area (Å²) in [5.74, 6) is -0.221. The van der Waals surface area contributed by atoms with Crippen molar-refractivity contribution in [2.45, 2.75) is 19.6 Å². The number of amides is 1. The third-order valence-corrected chi connectivity index (χ3v) is 3.57. The number of aryl methyl sites for hydroxylation is 1. The Labute approximate surface area is 120 Å². The zero-order valence-corrected chi connectivity index (χ0v) is 12.8. The van der Waals surface area contributed by atoms with Gasteiger partial charge in [0.05, 0.1) is 17.1 Å². The molecule has 18 heavy (non-hydrogen) atoms. The molecule has 0 aliphatic rings. The summed E-state index contributed by atoms with van der Waals surface area (Å²) in [5.41, 5.74) is 1.56. The summed E-state index contributed by atoms with van der Waals surface area (Å²) in [6, 6.07) is 3.55. The van der Waals surface area contributed by atoms with Crippen LogP contribution in [0.3, 0.4) is 0 Å². The second-order valence-corrected chi connectivity index (χ2v) is 5.00. The number of carbonyl (C=O) groups excluding carboxylic acids is 1. The Balaban J connectivity index is 2.73. The smallest absolute Gasteiger partial charge is 0.229 e. The number of halogens is 2. The third kappa shape index (κ3) is 4.24. The van der Waals surface area contributed by atoms with Gasteiger partial charge in [0.2, 0.25) is 5.91 Å². The lowest BCUT2D eigenvalue weighted by molar-refractivity contribution is -0.134. The normalized spacial score (nSPS) is 10.8. The Morgan fingerprint density at radius 2 is 2.06 bits per heavy atom. The van der Waals surface area contributed by atoms with Gasteiger partial charge < -0.3 is 14.8 Å². The van der Waals surface area contributed by atoms with Gasteiger partial charge in [0.1, 0.15) is 0 Å². The van der Waals surface area contributed by atoms with Gasteiger partial charge in [0, 0.05) is 18.7 Å². The molecule has 0 saturated heterocycles. The Morgan fingerprint density at radius 3 is 2.61 bits per heavy atom. The van der Waals surface area contributed by atoms with E-state index in [1.165, 1.54) is 14.2 Å². The van der Waals surface area contributed by atoms with Gasteiger partial charge in [0.15, 0.2) is 6.29 Å². The van der Waals surface area contributed by atoms with Crippen molar-refractivity contribution in [3.63, 3.8) is 0 Å². The highest BCUT2D eigenvalue weighted by Crippen LogP contribution is 2.29. The molecule has 6 heteroatoms. The molecule has 0 bridgehead atoms. The molecule has 0 saturated carbocycles. The predicted octanol–water partition coefficient (Wildman–Crippen LogP) is 3.36. The number of benzene rings is 1. The van der Waals surface area contributed by atoms with E-state index in [1.54, 1.807) is 12.1 Å². The number of hydrogen-bond acceptors (Lipinski definition) is 3. The van der Waals surface area contributed by atoms with Gasteiger partial charge in [-0.15, -0.1) is 0 Å². The lowest BCUT2D eigenvalue weighted by atomic mass is 10.2. The molecule has 0 fully saturated rings. The van der Waals surface area contributed by atoms with Crippen molar-refractivity contribution in [3.05, 3.63) is 27.2 Å². The van der Waals surface area contributed by atoms with Crippen molar-refractivity contribution in [3.8, 4) is 0 Å². The molecule has 1 N–H and O–H groups in total. The molecular formula is C12H15BrClNO3. The standard InChI is InChI=1S/C12H15BrClNO3/c1-7-4-9(14)10(5-8(7)13)15-11(16)6-12(17-2)18-3/h4-5,12H,6H2,1-3H3,(H,15,16). The van der Waals surface area contributed by atoms with Crippen molar-refractivity contribution < 1.29 is 14.3 Å². The fourth-order valence-corrected chi connectivity index (χ4v) is 1.97. The average Bonchev–Trinajstić information content (AvgIpc) is 2.33. The quantitative estimate of drug-likeness (QED) is 0.839. The van der Waals surface area contributed by atoms with Gasteiger partial charge in [-0.05, 0) is 24.6 Å². The number of hydrogen-bond donors (Lipinski definition) is 1. The lowest BCUT2D eigenvalue weighted by Gasteiger charge is -2.14. The van der Waals surface area contributed by atoms with Gasteiger partial charge in [-0.2, -0.15) is 0 Å². The van der Waals surface area contributed by atoms with Gasteiger partial charge in [-0.3, -0.25) is 4.79 Å². The Morgan fingerprint density at radius 1 is 1.44 bits per heavy atom. The molecule has 0 atom stereocenters. The van der Waals surface area contributed by atoms with Gasteiger partial charge in [0.25, 0.3) is 0 Å². The van der Waals surface area contributed by atoms with Crippen molar-refractivity contribution in [2.24, 2.45) is 0 Å². The summed E-state index contributed by atoms with van der Waals surface area (Å²) in [7, 11) is 2.97. The summed E-state index contributed by atoms with van der Waals surface area (Å²) >= 11 is 9.44. The van der Waals surface area contributed by atoms with E-state index in [4.69, 9.17) is 21.1 Å². The van der Waals surface area contributed by atoms with E-state index >= 15 is 0 Å². The summed E-state index contributed by atoms with van der Waals surface area (Å²) in [5, 5.41) is 3.21. The topological polar surface area (TPSA) is 47.6 Å². The van der Waals surface area contributed by atoms with Crippen LogP contribution in [0.25, 0.3) is 0 Å². The first-order valence-corrected chi connectivity index (χ1v) is 6.46. The molecule has 0 aromatic heterocycles. The summed E-state index contributed by atoms with van der Waals surface area (Å²) in [6.07, 6.45) is -0.452. The number of anilines is 1. The Kier molecular flexibility index (Phi) is 6.08. The molecule has 1 amide bonds. The van der Waals surface area contributed by atoms with Crippen LogP contribution in [0.5, 0.6) is 0 Å². The van der Waals surface area contributed by atoms with Crippen LogP contribution in [-0.4, -0.2) is 26.4 Å². The van der Waals surface area contributed by atoms with Crippen LogP contribution >= 0.6 is 27.5 Å². The second kappa shape index (κ2) is 7.09. The Bertz CT molecular complexity index is 436. The molecule has 0 aliphatic heterocycles. The van der Waals surface area contributed by atoms with Crippen molar-refractivity contribution in [1.29, 1.82) is 0 Å². The lowest BCUT2D eigenvalue weighted by Crippen LogP contribution is -2.23. The molecule has 0 heterocycles. The zero-order valence-electron chi connectivity index (χ0n) is 10.4. The van der Waals surface area contributed by atoms with Crippen LogP contribution in [0.15, 0.2) is 16.6 Å². The van der Waals surface area contributed by atoms with E-state index in [-0.39, 0.29) is 12.3 Å². The fourth-order valence-electron chi connectivity index (χ4n) is 1.36. The zero-order chi connectivity index (χ0) is 13.7. The van der Waals surface area contributed by atoms with E-state index < -0.39 is 6.29 Å². The molecule has 1 aromatic rings. The average molecular weight is 337 g/mol. The van der Waals surface area contributed by atoms with Crippen LogP contribution in [0, 0.1) is 6.92 Å². The van der Waals surface area contributed by atoms with Crippen molar-refractivity contribution in [2.75, 3.05) is 19.5 Å². The largest absolute Gasteiger partial charge is 0.355 e. The first-order valence-electron chi connectivity index (χ1n) is 5.29. The molecule has 0 radical (unpaired) electrons. The first-order chi connectivity index (χ1) is 8.47. The van der Waals surface area contributed by atoms with Crippen molar-refractivity contribution >= 4 is 39.1 Å². The first kappa shape index (κ1) is 15.4. The maximum absolute atomic E-state index is 11.7. The number of ether oxygens (including phenoxy) is 2. The van der Waals surface area contributed by atoms with Crippen LogP contribution in [0.4, 0.5) is 5.69 Å². The Hall–Kier alpha value is -0.620. The second-order valence-electron chi connectivity index (χ2n) is 3.73. The van der Waals surface area contributed by atoms with Crippen LogP contribution in [-0.2, 0) is 14.3 Å². The highest BCUT2D eigenvalue weighted by molar-refractivity contribution is 9.10. The van der Waals surface area contributed by atoms with Crippen LogP contribution in [0.1, 0.15) is 12.0 Å². The minimum absolute atomic E-state index is 0.106. The molecule has 4 nitrogen and oxygen atoms in total. The molecule has 1 rings (SSSR count). The molecule has 0 aliphatic carbocycles. The predicted molar refractivity (Wildman–Crippen MR) is 74.9 cm³/mol. The highest BCUT2D eigenvalue weighted by Gasteiger charge is 2.14. The number of carbonyl (C=O) groups is 1. The summed E-state index contributed by atoms with van der Waals surface area (Å²) < 4.78 is 10.8. The highest BCUT2D eigenvalue weighted by atomic mass is 79.9.